The summed E-state index contributed by atoms with van der Waals surface area (Å²) in [7, 11) is 0. The molecule has 0 saturated carbocycles. The summed E-state index contributed by atoms with van der Waals surface area (Å²) in [5.41, 5.74) is 0.429. The summed E-state index contributed by atoms with van der Waals surface area (Å²) in [4.78, 5) is 45.7. The van der Waals surface area contributed by atoms with Crippen molar-refractivity contribution in [3.05, 3.63) is 69.5 Å². The normalized spacial score (nSPS) is 11.3. The highest BCUT2D eigenvalue weighted by Gasteiger charge is 2.20. The molecule has 0 radical (unpaired) electrons. The Morgan fingerprint density at radius 3 is 2.59 bits per heavy atom. The molecule has 0 spiro atoms. The third kappa shape index (κ3) is 6.09. The highest BCUT2D eigenvalue weighted by Crippen LogP contribution is 2.21. The second-order valence-electron chi connectivity index (χ2n) is 6.10. The van der Waals surface area contributed by atoms with E-state index >= 15 is 0 Å². The monoisotopic (exact) mass is 403 g/mol. The van der Waals surface area contributed by atoms with Gasteiger partial charge in [0.15, 0.2) is 6.10 Å². The van der Waals surface area contributed by atoms with E-state index in [2.05, 4.69) is 10.6 Å². The van der Waals surface area contributed by atoms with Crippen LogP contribution in [0.15, 0.2) is 42.5 Å². The fourth-order valence-corrected chi connectivity index (χ4v) is 2.31. The summed E-state index contributed by atoms with van der Waals surface area (Å²) in [5, 5.41) is 15.4. The minimum atomic E-state index is -1.25. The van der Waals surface area contributed by atoms with Gasteiger partial charge in [0.2, 0.25) is 5.82 Å². The molecule has 0 saturated heterocycles. The number of nitrogens with one attached hydrogen (secondary N) is 2. The van der Waals surface area contributed by atoms with Crippen LogP contribution >= 0.6 is 0 Å². The maximum absolute atomic E-state index is 13.3. The van der Waals surface area contributed by atoms with Gasteiger partial charge >= 0.3 is 11.7 Å². The van der Waals surface area contributed by atoms with Crippen molar-refractivity contribution in [2.75, 3.05) is 11.9 Å². The highest BCUT2D eigenvalue weighted by atomic mass is 19.1. The molecule has 1 atom stereocenters. The van der Waals surface area contributed by atoms with Gasteiger partial charge in [0.05, 0.1) is 4.92 Å². The van der Waals surface area contributed by atoms with Crippen LogP contribution in [-0.4, -0.2) is 35.4 Å². The molecular formula is C19H18FN3O6. The van der Waals surface area contributed by atoms with E-state index in [9.17, 15) is 28.9 Å². The SMILES string of the molecule is Cc1cccc(C(=O)NCC(=O)OC(C)C(=O)Nc2ccc(F)c([N+](=O)[O-])c2)c1. The second kappa shape index (κ2) is 9.40. The first-order valence-electron chi connectivity index (χ1n) is 8.46. The van der Waals surface area contributed by atoms with Crippen LogP contribution in [0.1, 0.15) is 22.8 Å². The lowest BCUT2D eigenvalue weighted by Crippen LogP contribution is -2.35. The summed E-state index contributed by atoms with van der Waals surface area (Å²) in [6.07, 6.45) is -1.25. The van der Waals surface area contributed by atoms with Crippen LogP contribution in [0, 0.1) is 22.9 Å². The molecule has 1 unspecified atom stereocenters. The molecule has 0 aliphatic rings. The number of benzene rings is 2. The Kier molecular flexibility index (Phi) is 6.96. The van der Waals surface area contributed by atoms with Crippen molar-refractivity contribution in [2.24, 2.45) is 0 Å². The minimum absolute atomic E-state index is 0.0289. The molecule has 10 heteroatoms. The molecule has 29 heavy (non-hydrogen) atoms. The first-order valence-corrected chi connectivity index (χ1v) is 8.46. The zero-order valence-corrected chi connectivity index (χ0v) is 15.6. The zero-order valence-electron chi connectivity index (χ0n) is 15.6. The lowest BCUT2D eigenvalue weighted by atomic mass is 10.1. The number of hydrogen-bond donors (Lipinski definition) is 2. The molecule has 9 nitrogen and oxygen atoms in total. The predicted octanol–water partition coefficient (Wildman–Crippen LogP) is 2.34. The van der Waals surface area contributed by atoms with E-state index in [1.165, 1.54) is 6.92 Å². The number of esters is 1. The van der Waals surface area contributed by atoms with Crippen LogP contribution in [0.3, 0.4) is 0 Å². The topological polar surface area (TPSA) is 128 Å². The first kappa shape index (κ1) is 21.5. The molecule has 0 aliphatic heterocycles. The van der Waals surface area contributed by atoms with Crippen LogP contribution in [0.2, 0.25) is 0 Å². The van der Waals surface area contributed by atoms with Gasteiger partial charge in [-0.1, -0.05) is 17.7 Å². The number of anilines is 1. The van der Waals surface area contributed by atoms with Gasteiger partial charge in [-0.25, -0.2) is 0 Å². The molecule has 2 rings (SSSR count). The Balaban J connectivity index is 1.87. The van der Waals surface area contributed by atoms with E-state index in [1.807, 2.05) is 13.0 Å². The van der Waals surface area contributed by atoms with Gasteiger partial charge in [0, 0.05) is 17.3 Å². The smallest absolute Gasteiger partial charge is 0.326 e. The number of aryl methyl sites for hydroxylation is 1. The molecule has 0 bridgehead atoms. The number of nitrogens with zero attached hydrogens (tertiary/aromatic N) is 1. The van der Waals surface area contributed by atoms with Gasteiger partial charge in [-0.15, -0.1) is 0 Å². The van der Waals surface area contributed by atoms with Crippen LogP contribution in [0.25, 0.3) is 0 Å². The average molecular weight is 403 g/mol. The minimum Gasteiger partial charge on any atom is -0.451 e. The standard InChI is InChI=1S/C19H18FN3O6/c1-11-4-3-5-13(8-11)19(26)21-10-17(24)29-12(2)18(25)22-14-6-7-15(20)16(9-14)23(27)28/h3-9,12H,10H2,1-2H3,(H,21,26)(H,22,25). The van der Waals surface area contributed by atoms with Gasteiger partial charge in [-0.3, -0.25) is 24.5 Å². The second-order valence-corrected chi connectivity index (χ2v) is 6.10. The first-order chi connectivity index (χ1) is 13.7. The van der Waals surface area contributed by atoms with E-state index in [0.29, 0.717) is 5.56 Å². The molecule has 0 fully saturated rings. The van der Waals surface area contributed by atoms with Crippen LogP contribution in [0.5, 0.6) is 0 Å². The van der Waals surface area contributed by atoms with E-state index in [4.69, 9.17) is 4.74 Å². The van der Waals surface area contributed by atoms with Crippen molar-refractivity contribution < 1.29 is 28.4 Å². The van der Waals surface area contributed by atoms with Crippen LogP contribution in [-0.2, 0) is 14.3 Å². The molecule has 0 aromatic heterocycles. The van der Waals surface area contributed by atoms with Crippen molar-refractivity contribution in [3.63, 3.8) is 0 Å². The Bertz CT molecular complexity index is 963. The number of nitro benzene ring substituents is 1. The van der Waals surface area contributed by atoms with Crippen LogP contribution < -0.4 is 10.6 Å². The predicted molar refractivity (Wildman–Crippen MR) is 101 cm³/mol. The lowest BCUT2D eigenvalue weighted by molar-refractivity contribution is -0.387. The Labute approximate surface area is 165 Å². The zero-order chi connectivity index (χ0) is 21.6. The number of amides is 2. The van der Waals surface area contributed by atoms with E-state index in [-0.39, 0.29) is 5.69 Å². The number of ether oxygens (including phenoxy) is 1. The van der Waals surface area contributed by atoms with Crippen LogP contribution in [0.4, 0.5) is 15.8 Å². The van der Waals surface area contributed by atoms with Gasteiger partial charge in [-0.2, -0.15) is 4.39 Å². The highest BCUT2D eigenvalue weighted by molar-refractivity contribution is 5.97. The molecule has 152 valence electrons. The summed E-state index contributed by atoms with van der Waals surface area (Å²) in [6, 6.07) is 9.59. The van der Waals surface area contributed by atoms with Crippen molar-refractivity contribution >= 4 is 29.2 Å². The largest absolute Gasteiger partial charge is 0.451 e. The number of nitro groups is 1. The lowest BCUT2D eigenvalue weighted by Gasteiger charge is -2.14. The number of carbonyl (C=O) groups excluding carboxylic acids is 3. The van der Waals surface area contributed by atoms with Crippen molar-refractivity contribution in [1.82, 2.24) is 5.32 Å². The summed E-state index contributed by atoms with van der Waals surface area (Å²) in [5.74, 6) is -3.14. The number of halogens is 1. The molecule has 2 aromatic rings. The molecular weight excluding hydrogens is 385 g/mol. The molecule has 0 aliphatic carbocycles. The number of carbonyl (C=O) groups is 3. The molecule has 2 aromatic carbocycles. The quantitative estimate of drug-likeness (QED) is 0.415. The summed E-state index contributed by atoms with van der Waals surface area (Å²) >= 11 is 0. The summed E-state index contributed by atoms with van der Waals surface area (Å²) < 4.78 is 18.2. The Hall–Kier alpha value is -3.82. The van der Waals surface area contributed by atoms with Crippen molar-refractivity contribution in [3.8, 4) is 0 Å². The Morgan fingerprint density at radius 2 is 1.93 bits per heavy atom. The fraction of sp³-hybridized carbons (Fsp3) is 0.211. The van der Waals surface area contributed by atoms with E-state index in [1.54, 1.807) is 18.2 Å². The van der Waals surface area contributed by atoms with E-state index in [0.717, 1.165) is 23.8 Å². The third-order valence-electron chi connectivity index (χ3n) is 3.76. The average Bonchev–Trinajstić information content (AvgIpc) is 2.67. The van der Waals surface area contributed by atoms with Gasteiger partial charge in [-0.05, 0) is 38.1 Å². The van der Waals surface area contributed by atoms with Crippen molar-refractivity contribution in [1.29, 1.82) is 0 Å². The van der Waals surface area contributed by atoms with Gasteiger partial charge in [0.1, 0.15) is 6.54 Å². The van der Waals surface area contributed by atoms with E-state index < -0.39 is 46.9 Å². The van der Waals surface area contributed by atoms with Gasteiger partial charge < -0.3 is 15.4 Å². The maximum Gasteiger partial charge on any atom is 0.326 e. The molecule has 2 amide bonds. The fourth-order valence-electron chi connectivity index (χ4n) is 2.31. The summed E-state index contributed by atoms with van der Waals surface area (Å²) in [6.45, 7) is 2.65. The number of hydrogen-bond acceptors (Lipinski definition) is 6. The molecule has 0 heterocycles. The van der Waals surface area contributed by atoms with Gasteiger partial charge in [0.25, 0.3) is 11.8 Å². The van der Waals surface area contributed by atoms with Crippen molar-refractivity contribution in [2.45, 2.75) is 20.0 Å². The maximum atomic E-state index is 13.3. The Morgan fingerprint density at radius 1 is 1.21 bits per heavy atom. The number of rotatable bonds is 7. The molecule has 2 N–H and O–H groups in total. The third-order valence-corrected chi connectivity index (χ3v) is 3.76.